The molecule has 1 aromatic heterocycles. The summed E-state index contributed by atoms with van der Waals surface area (Å²) in [6.07, 6.45) is 0. The molecule has 0 spiro atoms. The van der Waals surface area contributed by atoms with E-state index >= 15 is 0 Å². The molecule has 1 N–H and O–H groups in total. The molecule has 0 amide bonds. The van der Waals surface area contributed by atoms with Crippen LogP contribution >= 0.6 is 0 Å². The summed E-state index contributed by atoms with van der Waals surface area (Å²) < 4.78 is 17.8. The van der Waals surface area contributed by atoms with Crippen LogP contribution in [0.3, 0.4) is 0 Å². The van der Waals surface area contributed by atoms with E-state index in [-0.39, 0.29) is 5.82 Å². The first-order chi connectivity index (χ1) is 7.66. The maximum absolute atomic E-state index is 13.2. The van der Waals surface area contributed by atoms with Gasteiger partial charge in [0.15, 0.2) is 0 Å². The first kappa shape index (κ1) is 10.6. The Balaban J connectivity index is 2.05. The molecule has 16 heavy (non-hydrogen) atoms. The molecule has 2 rings (SSSR count). The second-order valence-electron chi connectivity index (χ2n) is 3.61. The van der Waals surface area contributed by atoms with Gasteiger partial charge in [-0.1, -0.05) is 16.4 Å². The zero-order chi connectivity index (χ0) is 11.5. The average molecular weight is 221 g/mol. The first-order valence-corrected chi connectivity index (χ1v) is 4.95. The van der Waals surface area contributed by atoms with Crippen LogP contribution in [0.15, 0.2) is 22.8 Å². The normalized spacial score (nSPS) is 10.4. The van der Waals surface area contributed by atoms with Gasteiger partial charge < -0.3 is 5.32 Å². The molecule has 0 saturated heterocycles. The van der Waals surface area contributed by atoms with Gasteiger partial charge in [-0.25, -0.2) is 9.02 Å². The second-order valence-corrected chi connectivity index (χ2v) is 3.61. The molecule has 0 unspecified atom stereocenters. The molecule has 4 nitrogen and oxygen atoms in total. The van der Waals surface area contributed by atoms with Crippen LogP contribution < -0.4 is 5.32 Å². The lowest BCUT2D eigenvalue weighted by molar-refractivity contribution is 0.301. The number of rotatable bonds is 3. The van der Waals surface area contributed by atoms with E-state index in [1.165, 1.54) is 6.07 Å². The van der Waals surface area contributed by atoms with Crippen LogP contribution in [-0.4, -0.2) is 10.3 Å². The van der Waals surface area contributed by atoms with E-state index in [1.54, 1.807) is 13.0 Å². The molecule has 0 atom stereocenters. The SMILES string of the molecule is Cc1ccc(NCc2nonc2C)cc1F. The molecule has 0 radical (unpaired) electrons. The lowest BCUT2D eigenvalue weighted by Gasteiger charge is -2.05. The molecule has 0 aliphatic heterocycles. The Morgan fingerprint density at radius 3 is 2.75 bits per heavy atom. The fourth-order valence-electron chi connectivity index (χ4n) is 1.30. The molecule has 0 fully saturated rings. The molecule has 5 heteroatoms. The predicted octanol–water partition coefficient (Wildman–Crippen LogP) is 2.44. The van der Waals surface area contributed by atoms with Crippen molar-refractivity contribution in [3.63, 3.8) is 0 Å². The number of hydrogen-bond donors (Lipinski definition) is 1. The number of nitrogens with one attached hydrogen (secondary N) is 1. The van der Waals surface area contributed by atoms with Crippen LogP contribution in [0.4, 0.5) is 10.1 Å². The topological polar surface area (TPSA) is 51.0 Å². The predicted molar refractivity (Wildman–Crippen MR) is 57.5 cm³/mol. The molecule has 2 aromatic rings. The van der Waals surface area contributed by atoms with Crippen LogP contribution in [0.1, 0.15) is 17.0 Å². The third-order valence-corrected chi connectivity index (χ3v) is 2.38. The van der Waals surface area contributed by atoms with Crippen molar-refractivity contribution >= 4 is 5.69 Å². The van der Waals surface area contributed by atoms with E-state index in [9.17, 15) is 4.39 Å². The number of aryl methyl sites for hydroxylation is 2. The Labute approximate surface area is 92.4 Å². The van der Waals surface area contributed by atoms with E-state index in [1.807, 2.05) is 13.0 Å². The quantitative estimate of drug-likeness (QED) is 0.864. The number of anilines is 1. The van der Waals surface area contributed by atoms with Crippen LogP contribution in [0.5, 0.6) is 0 Å². The van der Waals surface area contributed by atoms with E-state index < -0.39 is 0 Å². The van der Waals surface area contributed by atoms with Crippen molar-refractivity contribution in [3.8, 4) is 0 Å². The Hall–Kier alpha value is -1.91. The number of hydrogen-bond acceptors (Lipinski definition) is 4. The van der Waals surface area contributed by atoms with Gasteiger partial charge in [0.1, 0.15) is 17.2 Å². The van der Waals surface area contributed by atoms with E-state index in [2.05, 4.69) is 20.3 Å². The van der Waals surface area contributed by atoms with Crippen molar-refractivity contribution in [2.45, 2.75) is 20.4 Å². The molecule has 0 aliphatic carbocycles. The molecule has 84 valence electrons. The van der Waals surface area contributed by atoms with Crippen molar-refractivity contribution < 1.29 is 9.02 Å². The fraction of sp³-hybridized carbons (Fsp3) is 0.273. The Kier molecular flexibility index (Phi) is 2.85. The van der Waals surface area contributed by atoms with Crippen molar-refractivity contribution in [2.24, 2.45) is 0 Å². The van der Waals surface area contributed by atoms with E-state index in [0.717, 1.165) is 11.4 Å². The standard InChI is InChI=1S/C11H12FN3O/c1-7-3-4-9(5-10(7)12)13-6-11-8(2)14-16-15-11/h3-5,13H,6H2,1-2H3. The summed E-state index contributed by atoms with van der Waals surface area (Å²) in [7, 11) is 0. The smallest absolute Gasteiger partial charge is 0.128 e. The summed E-state index contributed by atoms with van der Waals surface area (Å²) >= 11 is 0. The van der Waals surface area contributed by atoms with Crippen LogP contribution in [0.25, 0.3) is 0 Å². The van der Waals surface area contributed by atoms with Gasteiger partial charge in [0.2, 0.25) is 0 Å². The minimum Gasteiger partial charge on any atom is -0.379 e. The van der Waals surface area contributed by atoms with Crippen molar-refractivity contribution in [3.05, 3.63) is 41.0 Å². The lowest BCUT2D eigenvalue weighted by Crippen LogP contribution is -2.01. The molecular weight excluding hydrogens is 209 g/mol. The summed E-state index contributed by atoms with van der Waals surface area (Å²) in [6, 6.07) is 5.00. The van der Waals surface area contributed by atoms with Gasteiger partial charge in [0.05, 0.1) is 6.54 Å². The first-order valence-electron chi connectivity index (χ1n) is 4.95. The summed E-state index contributed by atoms with van der Waals surface area (Å²) in [4.78, 5) is 0. The maximum Gasteiger partial charge on any atom is 0.128 e. The molecule has 1 heterocycles. The summed E-state index contributed by atoms with van der Waals surface area (Å²) in [5.41, 5.74) is 2.80. The van der Waals surface area contributed by atoms with Gasteiger partial charge in [0.25, 0.3) is 0 Å². The number of halogens is 1. The maximum atomic E-state index is 13.2. The number of benzene rings is 1. The van der Waals surface area contributed by atoms with E-state index in [4.69, 9.17) is 0 Å². The lowest BCUT2D eigenvalue weighted by atomic mass is 10.2. The van der Waals surface area contributed by atoms with Crippen LogP contribution in [0, 0.1) is 19.7 Å². The Morgan fingerprint density at radius 1 is 1.31 bits per heavy atom. The van der Waals surface area contributed by atoms with Gasteiger partial charge >= 0.3 is 0 Å². The van der Waals surface area contributed by atoms with Gasteiger partial charge in [-0.3, -0.25) is 0 Å². The average Bonchev–Trinajstić information content (AvgIpc) is 2.66. The largest absolute Gasteiger partial charge is 0.379 e. The van der Waals surface area contributed by atoms with Crippen LogP contribution in [-0.2, 0) is 6.54 Å². The van der Waals surface area contributed by atoms with Crippen molar-refractivity contribution in [1.29, 1.82) is 0 Å². The Morgan fingerprint density at radius 2 is 2.12 bits per heavy atom. The molecular formula is C11H12FN3O. The highest BCUT2D eigenvalue weighted by atomic mass is 19.1. The minimum atomic E-state index is -0.222. The molecule has 1 aromatic carbocycles. The highest BCUT2D eigenvalue weighted by Gasteiger charge is 2.05. The second kappa shape index (κ2) is 4.30. The third kappa shape index (κ3) is 2.18. The van der Waals surface area contributed by atoms with Gasteiger partial charge in [-0.15, -0.1) is 0 Å². The molecule has 0 bridgehead atoms. The zero-order valence-corrected chi connectivity index (χ0v) is 9.12. The summed E-state index contributed by atoms with van der Waals surface area (Å²) in [5.74, 6) is -0.222. The minimum absolute atomic E-state index is 0.222. The van der Waals surface area contributed by atoms with Gasteiger partial charge in [0, 0.05) is 5.69 Å². The summed E-state index contributed by atoms with van der Waals surface area (Å²) in [6.45, 7) is 4.01. The van der Waals surface area contributed by atoms with Crippen molar-refractivity contribution in [2.75, 3.05) is 5.32 Å². The highest BCUT2D eigenvalue weighted by Crippen LogP contribution is 2.14. The highest BCUT2D eigenvalue weighted by molar-refractivity contribution is 5.45. The zero-order valence-electron chi connectivity index (χ0n) is 9.12. The third-order valence-electron chi connectivity index (χ3n) is 2.38. The molecule has 0 saturated carbocycles. The van der Waals surface area contributed by atoms with Crippen LogP contribution in [0.2, 0.25) is 0 Å². The van der Waals surface area contributed by atoms with E-state index in [0.29, 0.717) is 17.8 Å². The van der Waals surface area contributed by atoms with Gasteiger partial charge in [-0.2, -0.15) is 0 Å². The number of aromatic nitrogens is 2. The molecule has 0 aliphatic rings. The monoisotopic (exact) mass is 221 g/mol. The Bertz CT molecular complexity index is 496. The van der Waals surface area contributed by atoms with Gasteiger partial charge in [-0.05, 0) is 31.5 Å². The fourth-order valence-corrected chi connectivity index (χ4v) is 1.30. The summed E-state index contributed by atoms with van der Waals surface area (Å²) in [5, 5.41) is 10.4. The van der Waals surface area contributed by atoms with Crippen molar-refractivity contribution in [1.82, 2.24) is 10.3 Å². The number of nitrogens with zero attached hydrogens (tertiary/aromatic N) is 2.